The first-order valence-corrected chi connectivity index (χ1v) is 6.84. The maximum absolute atomic E-state index is 12.4. The summed E-state index contributed by atoms with van der Waals surface area (Å²) < 4.78 is 46.1. The largest absolute Gasteiger partial charge is 0.468 e. The minimum atomic E-state index is -4.42. The number of amides is 1. The number of hydrogen-bond donors (Lipinski definition) is 0. The van der Waals surface area contributed by atoms with Crippen LogP contribution in [-0.4, -0.2) is 53.9 Å². The topological polar surface area (TPSA) is 51.7 Å². The van der Waals surface area contributed by atoms with Gasteiger partial charge in [-0.3, -0.25) is 4.79 Å². The van der Waals surface area contributed by atoms with E-state index in [-0.39, 0.29) is 23.9 Å². The first-order valence-electron chi connectivity index (χ1n) is 6.84. The van der Waals surface area contributed by atoms with Gasteiger partial charge in [0.1, 0.15) is 0 Å². The Morgan fingerprint density at radius 1 is 1.45 bits per heavy atom. The molecule has 22 heavy (non-hydrogen) atoms. The Morgan fingerprint density at radius 3 is 2.77 bits per heavy atom. The smallest absolute Gasteiger partial charge is 0.422 e. The number of carbonyl (C=O) groups excluding carboxylic acids is 1. The summed E-state index contributed by atoms with van der Waals surface area (Å²) in [4.78, 5) is 17.8. The maximum Gasteiger partial charge on any atom is 0.422 e. The van der Waals surface area contributed by atoms with E-state index < -0.39 is 12.8 Å². The molecule has 5 nitrogen and oxygen atoms in total. The Morgan fingerprint density at radius 2 is 2.18 bits per heavy atom. The van der Waals surface area contributed by atoms with Crippen LogP contribution in [0.3, 0.4) is 0 Å². The van der Waals surface area contributed by atoms with Crippen molar-refractivity contribution >= 4 is 5.91 Å². The van der Waals surface area contributed by atoms with Crippen LogP contribution in [0.2, 0.25) is 0 Å². The summed E-state index contributed by atoms with van der Waals surface area (Å²) in [5.74, 6) is -0.394. The van der Waals surface area contributed by atoms with E-state index in [1.165, 1.54) is 18.3 Å². The highest BCUT2D eigenvalue weighted by molar-refractivity contribution is 5.94. The van der Waals surface area contributed by atoms with E-state index in [1.807, 2.05) is 13.8 Å². The van der Waals surface area contributed by atoms with Gasteiger partial charge in [-0.2, -0.15) is 13.2 Å². The second kappa shape index (κ2) is 6.51. The highest BCUT2D eigenvalue weighted by atomic mass is 19.4. The van der Waals surface area contributed by atoms with Gasteiger partial charge in [0, 0.05) is 18.8 Å². The van der Waals surface area contributed by atoms with Gasteiger partial charge in [0.15, 0.2) is 6.61 Å². The summed E-state index contributed by atoms with van der Waals surface area (Å²) in [7, 11) is 0. The number of halogens is 3. The Labute approximate surface area is 126 Å². The monoisotopic (exact) mass is 318 g/mol. The van der Waals surface area contributed by atoms with E-state index >= 15 is 0 Å². The zero-order chi connectivity index (χ0) is 16.3. The summed E-state index contributed by atoms with van der Waals surface area (Å²) in [5.41, 5.74) is 0.306. The van der Waals surface area contributed by atoms with Crippen molar-refractivity contribution in [1.29, 1.82) is 0 Å². The molecule has 2 atom stereocenters. The average Bonchev–Trinajstić information content (AvgIpc) is 2.47. The van der Waals surface area contributed by atoms with E-state index in [9.17, 15) is 18.0 Å². The fraction of sp³-hybridized carbons (Fsp3) is 0.571. The normalized spacial score (nSPS) is 22.5. The Hall–Kier alpha value is -1.83. The highest BCUT2D eigenvalue weighted by Crippen LogP contribution is 2.19. The molecule has 1 aromatic heterocycles. The standard InChI is InChI=1S/C14H17F3N2O3/c1-9-7-21-10(2)6-19(9)13(20)11-3-4-12(18-5-11)22-8-14(15,16)17/h3-5,9-10H,6-8H2,1-2H3. The van der Waals surface area contributed by atoms with Crippen LogP contribution < -0.4 is 4.74 Å². The van der Waals surface area contributed by atoms with Gasteiger partial charge in [-0.05, 0) is 19.9 Å². The molecule has 0 bridgehead atoms. The lowest BCUT2D eigenvalue weighted by molar-refractivity contribution is -0.154. The minimum absolute atomic E-state index is 0.0532. The van der Waals surface area contributed by atoms with Gasteiger partial charge in [-0.1, -0.05) is 0 Å². The summed E-state index contributed by atoms with van der Waals surface area (Å²) >= 11 is 0. The molecule has 1 aliphatic rings. The van der Waals surface area contributed by atoms with Crippen molar-refractivity contribution in [3.05, 3.63) is 23.9 Å². The lowest BCUT2D eigenvalue weighted by Crippen LogP contribution is -2.50. The molecule has 1 aliphatic heterocycles. The molecule has 1 aromatic rings. The maximum atomic E-state index is 12.4. The Bertz CT molecular complexity index is 519. The zero-order valence-electron chi connectivity index (χ0n) is 12.3. The van der Waals surface area contributed by atoms with Crippen molar-refractivity contribution < 1.29 is 27.4 Å². The van der Waals surface area contributed by atoms with Crippen LogP contribution >= 0.6 is 0 Å². The quantitative estimate of drug-likeness (QED) is 0.858. The van der Waals surface area contributed by atoms with Crippen LogP contribution in [0.15, 0.2) is 18.3 Å². The highest BCUT2D eigenvalue weighted by Gasteiger charge is 2.30. The molecule has 8 heteroatoms. The van der Waals surface area contributed by atoms with Gasteiger partial charge in [-0.15, -0.1) is 0 Å². The van der Waals surface area contributed by atoms with Crippen molar-refractivity contribution in [2.24, 2.45) is 0 Å². The minimum Gasteiger partial charge on any atom is -0.468 e. The summed E-state index contributed by atoms with van der Waals surface area (Å²) in [6, 6.07) is 2.60. The van der Waals surface area contributed by atoms with Crippen LogP contribution in [0.5, 0.6) is 5.88 Å². The van der Waals surface area contributed by atoms with Crippen molar-refractivity contribution in [3.8, 4) is 5.88 Å². The van der Waals surface area contributed by atoms with Crippen LogP contribution in [0.1, 0.15) is 24.2 Å². The molecule has 0 spiro atoms. The third-order valence-electron chi connectivity index (χ3n) is 3.24. The van der Waals surface area contributed by atoms with Gasteiger partial charge in [0.25, 0.3) is 5.91 Å². The van der Waals surface area contributed by atoms with Crippen molar-refractivity contribution in [2.45, 2.75) is 32.2 Å². The lowest BCUT2D eigenvalue weighted by Gasteiger charge is -2.36. The average molecular weight is 318 g/mol. The van der Waals surface area contributed by atoms with E-state index in [2.05, 4.69) is 9.72 Å². The van der Waals surface area contributed by atoms with Crippen LogP contribution in [0.4, 0.5) is 13.2 Å². The molecule has 0 N–H and O–H groups in total. The molecule has 2 rings (SSSR count). The second-order valence-corrected chi connectivity index (χ2v) is 5.24. The third kappa shape index (κ3) is 4.33. The molecule has 1 saturated heterocycles. The number of hydrogen-bond acceptors (Lipinski definition) is 4. The van der Waals surface area contributed by atoms with E-state index in [1.54, 1.807) is 4.90 Å². The molecule has 2 unspecified atom stereocenters. The Kier molecular flexibility index (Phi) is 4.90. The fourth-order valence-electron chi connectivity index (χ4n) is 2.10. The number of pyridine rings is 1. The van der Waals surface area contributed by atoms with Gasteiger partial charge in [0.2, 0.25) is 5.88 Å². The van der Waals surface area contributed by atoms with Gasteiger partial charge < -0.3 is 14.4 Å². The summed E-state index contributed by atoms with van der Waals surface area (Å²) in [5, 5.41) is 0. The SMILES string of the molecule is CC1CN(C(=O)c2ccc(OCC(F)(F)F)nc2)C(C)CO1. The number of carbonyl (C=O) groups is 1. The molecule has 1 fully saturated rings. The molecule has 122 valence electrons. The van der Waals surface area contributed by atoms with Crippen LogP contribution in [0, 0.1) is 0 Å². The predicted octanol–water partition coefficient (Wildman–Crippen LogP) is 2.27. The zero-order valence-corrected chi connectivity index (χ0v) is 12.3. The van der Waals surface area contributed by atoms with Gasteiger partial charge in [0.05, 0.1) is 24.3 Å². The van der Waals surface area contributed by atoms with Crippen LogP contribution in [0.25, 0.3) is 0 Å². The van der Waals surface area contributed by atoms with E-state index in [0.717, 1.165) is 0 Å². The van der Waals surface area contributed by atoms with E-state index in [0.29, 0.717) is 18.7 Å². The molecule has 0 aliphatic carbocycles. The fourth-order valence-corrected chi connectivity index (χ4v) is 2.10. The second-order valence-electron chi connectivity index (χ2n) is 5.24. The predicted molar refractivity (Wildman–Crippen MR) is 71.7 cm³/mol. The third-order valence-corrected chi connectivity index (χ3v) is 3.24. The summed E-state index contributed by atoms with van der Waals surface area (Å²) in [6.07, 6.45) is -3.25. The van der Waals surface area contributed by atoms with Crippen molar-refractivity contribution in [1.82, 2.24) is 9.88 Å². The first kappa shape index (κ1) is 16.5. The number of rotatable bonds is 3. The molecular weight excluding hydrogens is 301 g/mol. The molecule has 0 saturated carbocycles. The Balaban J connectivity index is 2.01. The van der Waals surface area contributed by atoms with Crippen LogP contribution in [-0.2, 0) is 4.74 Å². The van der Waals surface area contributed by atoms with Crippen molar-refractivity contribution in [2.75, 3.05) is 19.8 Å². The molecule has 0 radical (unpaired) electrons. The van der Waals surface area contributed by atoms with Gasteiger partial charge in [-0.25, -0.2) is 4.98 Å². The number of alkyl halides is 3. The van der Waals surface area contributed by atoms with Crippen molar-refractivity contribution in [3.63, 3.8) is 0 Å². The number of nitrogens with zero attached hydrogens (tertiary/aromatic N) is 2. The molecule has 0 aromatic carbocycles. The molecule has 1 amide bonds. The lowest BCUT2D eigenvalue weighted by atomic mass is 10.1. The number of morpholine rings is 1. The number of ether oxygens (including phenoxy) is 2. The first-order chi connectivity index (χ1) is 10.3. The number of aromatic nitrogens is 1. The van der Waals surface area contributed by atoms with Gasteiger partial charge >= 0.3 is 6.18 Å². The molecule has 2 heterocycles. The molecular formula is C14H17F3N2O3. The summed E-state index contributed by atoms with van der Waals surface area (Å²) in [6.45, 7) is 3.25. The van der Waals surface area contributed by atoms with E-state index in [4.69, 9.17) is 4.74 Å².